The van der Waals surface area contributed by atoms with E-state index in [0.717, 1.165) is 23.9 Å². The molecule has 88 valence electrons. The summed E-state index contributed by atoms with van der Waals surface area (Å²) in [6.07, 6.45) is 3.00. The third-order valence-corrected chi connectivity index (χ3v) is 4.37. The molecule has 2 N–H and O–H groups in total. The van der Waals surface area contributed by atoms with E-state index in [1.165, 1.54) is 18.7 Å². The van der Waals surface area contributed by atoms with Gasteiger partial charge in [-0.15, -0.1) is 0 Å². The molecule has 0 spiro atoms. The summed E-state index contributed by atoms with van der Waals surface area (Å²) in [5.74, 6) is 1.91. The highest BCUT2D eigenvalue weighted by molar-refractivity contribution is 8.00. The van der Waals surface area contributed by atoms with Crippen molar-refractivity contribution in [3.8, 4) is 0 Å². The quantitative estimate of drug-likeness (QED) is 0.873. The molecule has 1 unspecified atom stereocenters. The Morgan fingerprint density at radius 2 is 2.50 bits per heavy atom. The van der Waals surface area contributed by atoms with Gasteiger partial charge in [0.15, 0.2) is 0 Å². The second-order valence-electron chi connectivity index (χ2n) is 4.18. The second kappa shape index (κ2) is 5.55. The number of hydrogen-bond donors (Lipinski definition) is 1. The zero-order valence-corrected chi connectivity index (χ0v) is 10.5. The molecule has 2 rings (SSSR count). The lowest BCUT2D eigenvalue weighted by molar-refractivity contribution is 0.273. The molecule has 0 aromatic carbocycles. The Kier molecular flexibility index (Phi) is 4.07. The van der Waals surface area contributed by atoms with Gasteiger partial charge in [-0.1, -0.05) is 13.0 Å². The Balaban J connectivity index is 1.97. The van der Waals surface area contributed by atoms with E-state index < -0.39 is 0 Å². The molecule has 1 aliphatic rings. The molecule has 1 saturated heterocycles. The summed E-state index contributed by atoms with van der Waals surface area (Å²) in [4.78, 5) is 6.61. The zero-order chi connectivity index (χ0) is 11.4. The Labute approximate surface area is 101 Å². The van der Waals surface area contributed by atoms with E-state index in [4.69, 9.17) is 5.73 Å². The molecule has 0 saturated carbocycles. The lowest BCUT2D eigenvalue weighted by atomic mass is 10.2. The first-order chi connectivity index (χ1) is 7.79. The van der Waals surface area contributed by atoms with Gasteiger partial charge in [0, 0.05) is 42.4 Å². The minimum atomic E-state index is 0.675. The molecule has 4 heteroatoms. The highest BCUT2D eigenvalue weighted by Crippen LogP contribution is 2.23. The van der Waals surface area contributed by atoms with Crippen molar-refractivity contribution in [2.45, 2.75) is 25.1 Å². The van der Waals surface area contributed by atoms with Gasteiger partial charge in [0.25, 0.3) is 0 Å². The summed E-state index contributed by atoms with van der Waals surface area (Å²) in [6.45, 7) is 5.54. The molecule has 1 fully saturated rings. The number of rotatable bonds is 3. The Hall–Kier alpha value is -0.740. The summed E-state index contributed by atoms with van der Waals surface area (Å²) in [5, 5.41) is 0.784. The van der Waals surface area contributed by atoms with E-state index in [1.54, 1.807) is 6.20 Å². The number of pyridine rings is 1. The first-order valence-corrected chi connectivity index (χ1v) is 6.87. The summed E-state index contributed by atoms with van der Waals surface area (Å²) >= 11 is 2.09. The molecular formula is C12H19N3S. The van der Waals surface area contributed by atoms with E-state index in [9.17, 15) is 0 Å². The number of anilines is 1. The average Bonchev–Trinajstić information content (AvgIpc) is 2.32. The fourth-order valence-electron chi connectivity index (χ4n) is 2.00. The molecule has 16 heavy (non-hydrogen) atoms. The van der Waals surface area contributed by atoms with Crippen LogP contribution >= 0.6 is 11.8 Å². The number of hydrogen-bond acceptors (Lipinski definition) is 4. The van der Waals surface area contributed by atoms with Crippen LogP contribution in [0.4, 0.5) is 5.82 Å². The third-order valence-electron chi connectivity index (χ3n) is 3.00. The number of thioether (sulfide) groups is 1. The minimum absolute atomic E-state index is 0.675. The predicted octanol–water partition coefficient (Wildman–Crippen LogP) is 1.99. The van der Waals surface area contributed by atoms with Crippen LogP contribution < -0.4 is 5.73 Å². The molecule has 1 atom stereocenters. The summed E-state index contributed by atoms with van der Waals surface area (Å²) in [6, 6.07) is 4.03. The van der Waals surface area contributed by atoms with Gasteiger partial charge in [-0.25, -0.2) is 4.98 Å². The molecule has 0 bridgehead atoms. The van der Waals surface area contributed by atoms with Gasteiger partial charge in [0.05, 0.1) is 0 Å². The van der Waals surface area contributed by atoms with Gasteiger partial charge < -0.3 is 5.73 Å². The van der Waals surface area contributed by atoms with Crippen molar-refractivity contribution in [2.75, 3.05) is 24.6 Å². The fourth-order valence-corrected chi connectivity index (χ4v) is 3.25. The average molecular weight is 237 g/mol. The Morgan fingerprint density at radius 3 is 3.25 bits per heavy atom. The maximum atomic E-state index is 5.86. The van der Waals surface area contributed by atoms with Crippen LogP contribution in [0.15, 0.2) is 18.3 Å². The molecule has 1 aromatic rings. The predicted molar refractivity (Wildman–Crippen MR) is 70.5 cm³/mol. The highest BCUT2D eigenvalue weighted by atomic mass is 32.2. The number of nitrogens with zero attached hydrogens (tertiary/aromatic N) is 2. The number of nitrogen functional groups attached to an aromatic ring is 1. The lowest BCUT2D eigenvalue weighted by Gasteiger charge is -2.31. The van der Waals surface area contributed by atoms with Crippen molar-refractivity contribution < 1.29 is 0 Å². The normalized spacial score (nSPS) is 22.2. The van der Waals surface area contributed by atoms with Crippen molar-refractivity contribution in [3.63, 3.8) is 0 Å². The lowest BCUT2D eigenvalue weighted by Crippen LogP contribution is -2.37. The van der Waals surface area contributed by atoms with Crippen LogP contribution in [0.3, 0.4) is 0 Å². The Morgan fingerprint density at radius 1 is 1.62 bits per heavy atom. The Bertz CT molecular complexity index is 343. The monoisotopic (exact) mass is 237 g/mol. The van der Waals surface area contributed by atoms with E-state index in [2.05, 4.69) is 34.6 Å². The van der Waals surface area contributed by atoms with Crippen LogP contribution in [0.1, 0.15) is 18.9 Å². The SMILES string of the molecule is CCC1CN(Cc2cccnc2N)CCS1. The molecule has 0 radical (unpaired) electrons. The highest BCUT2D eigenvalue weighted by Gasteiger charge is 2.19. The standard InChI is InChI=1S/C12H19N3S/c1-2-11-9-15(6-7-16-11)8-10-4-3-5-14-12(10)13/h3-5,11H,2,6-9H2,1H3,(H2,13,14). The van der Waals surface area contributed by atoms with Crippen molar-refractivity contribution in [2.24, 2.45) is 0 Å². The van der Waals surface area contributed by atoms with E-state index in [-0.39, 0.29) is 0 Å². The maximum absolute atomic E-state index is 5.86. The molecular weight excluding hydrogens is 218 g/mol. The van der Waals surface area contributed by atoms with Crippen LogP contribution in [-0.2, 0) is 6.54 Å². The van der Waals surface area contributed by atoms with Gasteiger partial charge in [0.2, 0.25) is 0 Å². The summed E-state index contributed by atoms with van der Waals surface area (Å²) in [7, 11) is 0. The number of aromatic nitrogens is 1. The largest absolute Gasteiger partial charge is 0.383 e. The third kappa shape index (κ3) is 2.89. The van der Waals surface area contributed by atoms with Crippen molar-refractivity contribution >= 4 is 17.6 Å². The van der Waals surface area contributed by atoms with Crippen LogP contribution in [-0.4, -0.2) is 34.0 Å². The van der Waals surface area contributed by atoms with Crippen LogP contribution in [0.5, 0.6) is 0 Å². The van der Waals surface area contributed by atoms with Crippen molar-refractivity contribution in [1.82, 2.24) is 9.88 Å². The van der Waals surface area contributed by atoms with Crippen LogP contribution in [0, 0.1) is 0 Å². The zero-order valence-electron chi connectivity index (χ0n) is 9.72. The first-order valence-electron chi connectivity index (χ1n) is 5.83. The molecule has 2 heterocycles. The topological polar surface area (TPSA) is 42.2 Å². The van der Waals surface area contributed by atoms with Gasteiger partial charge in [-0.2, -0.15) is 11.8 Å². The van der Waals surface area contributed by atoms with E-state index >= 15 is 0 Å². The van der Waals surface area contributed by atoms with Crippen molar-refractivity contribution in [3.05, 3.63) is 23.9 Å². The van der Waals surface area contributed by atoms with Crippen molar-refractivity contribution in [1.29, 1.82) is 0 Å². The molecule has 1 aliphatic heterocycles. The second-order valence-corrected chi connectivity index (χ2v) is 5.59. The minimum Gasteiger partial charge on any atom is -0.383 e. The van der Waals surface area contributed by atoms with Gasteiger partial charge in [0.1, 0.15) is 5.82 Å². The van der Waals surface area contributed by atoms with Gasteiger partial charge in [-0.05, 0) is 12.5 Å². The number of nitrogens with two attached hydrogens (primary N) is 1. The molecule has 0 aliphatic carbocycles. The molecule has 3 nitrogen and oxygen atoms in total. The fraction of sp³-hybridized carbons (Fsp3) is 0.583. The van der Waals surface area contributed by atoms with E-state index in [0.29, 0.717) is 5.82 Å². The maximum Gasteiger partial charge on any atom is 0.127 e. The summed E-state index contributed by atoms with van der Waals surface area (Å²) in [5.41, 5.74) is 7.02. The summed E-state index contributed by atoms with van der Waals surface area (Å²) < 4.78 is 0. The molecule has 1 aromatic heterocycles. The smallest absolute Gasteiger partial charge is 0.127 e. The van der Waals surface area contributed by atoms with Crippen LogP contribution in [0.2, 0.25) is 0 Å². The van der Waals surface area contributed by atoms with Gasteiger partial charge >= 0.3 is 0 Å². The van der Waals surface area contributed by atoms with Gasteiger partial charge in [-0.3, -0.25) is 4.90 Å². The first kappa shape index (κ1) is 11.7. The van der Waals surface area contributed by atoms with E-state index in [1.807, 2.05) is 6.07 Å². The van der Waals surface area contributed by atoms with Crippen LogP contribution in [0.25, 0.3) is 0 Å². The molecule has 0 amide bonds.